The number of hydrogen-bond donors (Lipinski definition) is 4. The Labute approximate surface area is 194 Å². The number of nitrogens with one attached hydrogen (secondary N) is 3. The van der Waals surface area contributed by atoms with E-state index in [0.717, 1.165) is 25.1 Å². The number of amides is 2. The second kappa shape index (κ2) is 8.62. The maximum Gasteiger partial charge on any atom is 0.404 e. The van der Waals surface area contributed by atoms with Crippen LogP contribution < -0.4 is 15.5 Å². The molecular weight excluding hydrogens is 439 g/mol. The topological polar surface area (TPSA) is 123 Å². The van der Waals surface area contributed by atoms with E-state index in [1.165, 1.54) is 12.3 Å². The number of rotatable bonds is 4. The number of halogens is 1. The van der Waals surface area contributed by atoms with Crippen LogP contribution in [0.5, 0.6) is 0 Å². The zero-order valence-corrected chi connectivity index (χ0v) is 18.4. The number of piperidine rings is 1. The van der Waals surface area contributed by atoms with E-state index in [1.807, 2.05) is 12.1 Å². The van der Waals surface area contributed by atoms with Crippen LogP contribution in [0.2, 0.25) is 0 Å². The second-order valence-electron chi connectivity index (χ2n) is 8.32. The fourth-order valence-corrected chi connectivity index (χ4v) is 4.63. The van der Waals surface area contributed by atoms with E-state index < -0.39 is 11.9 Å². The zero-order chi connectivity index (χ0) is 23.8. The Morgan fingerprint density at radius 2 is 2.09 bits per heavy atom. The smallest absolute Gasteiger partial charge is 0.404 e. The van der Waals surface area contributed by atoms with E-state index in [1.54, 1.807) is 25.5 Å². The SMILES string of the molecule is CNC(=O)c1cnc2[nH]cc(-c3cc(F)c4nccc(N5CCC[C@@H](NC(=O)O)C5)c4c3)c2c1. The first-order valence-corrected chi connectivity index (χ1v) is 11.0. The number of carboxylic acid groups (broad SMARTS) is 1. The highest BCUT2D eigenvalue weighted by Crippen LogP contribution is 2.35. The third kappa shape index (κ3) is 3.87. The summed E-state index contributed by atoms with van der Waals surface area (Å²) in [5.74, 6) is -0.719. The molecule has 10 heteroatoms. The van der Waals surface area contributed by atoms with Gasteiger partial charge in [-0.05, 0) is 42.7 Å². The number of nitrogens with zero attached hydrogens (tertiary/aromatic N) is 3. The number of pyridine rings is 2. The number of carbonyl (C=O) groups is 2. The number of fused-ring (bicyclic) bond motifs is 2. The Balaban J connectivity index is 1.61. The number of H-pyrrole nitrogens is 1. The molecule has 4 heterocycles. The summed E-state index contributed by atoms with van der Waals surface area (Å²) in [6.45, 7) is 1.22. The van der Waals surface area contributed by atoms with Gasteiger partial charge in [0.25, 0.3) is 5.91 Å². The molecular formula is C24H23FN6O3. The summed E-state index contributed by atoms with van der Waals surface area (Å²) in [5, 5.41) is 15.6. The van der Waals surface area contributed by atoms with Crippen molar-refractivity contribution in [1.29, 1.82) is 0 Å². The van der Waals surface area contributed by atoms with Crippen LogP contribution in [-0.2, 0) is 0 Å². The maximum atomic E-state index is 15.2. The Hall–Kier alpha value is -4.21. The molecule has 0 spiro atoms. The summed E-state index contributed by atoms with van der Waals surface area (Å²) < 4.78 is 15.2. The number of benzene rings is 1. The van der Waals surface area contributed by atoms with Crippen molar-refractivity contribution in [3.05, 3.63) is 54.2 Å². The highest BCUT2D eigenvalue weighted by molar-refractivity contribution is 6.03. The predicted octanol–water partition coefficient (Wildman–Crippen LogP) is 3.51. The van der Waals surface area contributed by atoms with Crippen molar-refractivity contribution >= 4 is 39.6 Å². The van der Waals surface area contributed by atoms with Crippen molar-refractivity contribution in [2.45, 2.75) is 18.9 Å². The minimum atomic E-state index is -1.05. The fraction of sp³-hybridized carbons (Fsp3) is 0.250. The van der Waals surface area contributed by atoms with Crippen molar-refractivity contribution in [3.63, 3.8) is 0 Å². The summed E-state index contributed by atoms with van der Waals surface area (Å²) in [7, 11) is 1.55. The van der Waals surface area contributed by atoms with Gasteiger partial charge in [0.05, 0.1) is 5.56 Å². The van der Waals surface area contributed by atoms with Gasteiger partial charge < -0.3 is 25.6 Å². The predicted molar refractivity (Wildman–Crippen MR) is 127 cm³/mol. The first-order valence-electron chi connectivity index (χ1n) is 11.0. The monoisotopic (exact) mass is 462 g/mol. The summed E-state index contributed by atoms with van der Waals surface area (Å²) in [5.41, 5.74) is 3.38. The minimum absolute atomic E-state index is 0.203. The molecule has 4 aromatic rings. The Morgan fingerprint density at radius 1 is 1.24 bits per heavy atom. The van der Waals surface area contributed by atoms with E-state index in [-0.39, 0.29) is 17.5 Å². The molecule has 34 heavy (non-hydrogen) atoms. The van der Waals surface area contributed by atoms with Gasteiger partial charge >= 0.3 is 6.09 Å². The first kappa shape index (κ1) is 21.6. The average molecular weight is 462 g/mol. The molecule has 9 nitrogen and oxygen atoms in total. The van der Waals surface area contributed by atoms with Gasteiger partial charge in [0.2, 0.25) is 0 Å². The molecule has 4 N–H and O–H groups in total. The maximum absolute atomic E-state index is 15.2. The summed E-state index contributed by atoms with van der Waals surface area (Å²) in [4.78, 5) is 36.9. The van der Waals surface area contributed by atoms with Crippen molar-refractivity contribution in [2.24, 2.45) is 0 Å². The van der Waals surface area contributed by atoms with Gasteiger partial charge in [-0.15, -0.1) is 0 Å². The lowest BCUT2D eigenvalue weighted by atomic mass is 10.00. The molecule has 1 aliphatic heterocycles. The lowest BCUT2D eigenvalue weighted by Crippen LogP contribution is -2.47. The molecule has 1 atom stereocenters. The molecule has 5 rings (SSSR count). The highest BCUT2D eigenvalue weighted by atomic mass is 19.1. The van der Waals surface area contributed by atoms with Crippen LogP contribution in [0, 0.1) is 5.82 Å². The van der Waals surface area contributed by atoms with Crippen LogP contribution in [0.15, 0.2) is 42.9 Å². The number of anilines is 1. The van der Waals surface area contributed by atoms with Crippen LogP contribution in [0.3, 0.4) is 0 Å². The van der Waals surface area contributed by atoms with Crippen LogP contribution in [-0.4, -0.2) is 58.2 Å². The van der Waals surface area contributed by atoms with E-state index in [4.69, 9.17) is 5.11 Å². The number of aromatic amines is 1. The van der Waals surface area contributed by atoms with Gasteiger partial charge in [0.15, 0.2) is 0 Å². The average Bonchev–Trinajstić information content (AvgIpc) is 3.26. The molecule has 1 aromatic carbocycles. The molecule has 1 saturated heterocycles. The van der Waals surface area contributed by atoms with E-state index >= 15 is 4.39 Å². The van der Waals surface area contributed by atoms with Crippen molar-refractivity contribution in [3.8, 4) is 11.1 Å². The van der Waals surface area contributed by atoms with E-state index in [2.05, 4.69) is 30.5 Å². The lowest BCUT2D eigenvalue weighted by Gasteiger charge is -2.34. The van der Waals surface area contributed by atoms with Gasteiger partial charge in [-0.1, -0.05) is 0 Å². The molecule has 1 aliphatic rings. The van der Waals surface area contributed by atoms with E-state index in [9.17, 15) is 9.59 Å². The third-order valence-corrected chi connectivity index (χ3v) is 6.20. The van der Waals surface area contributed by atoms with Gasteiger partial charge in [0.1, 0.15) is 17.0 Å². The lowest BCUT2D eigenvalue weighted by molar-refractivity contribution is 0.0963. The molecule has 1 fully saturated rings. The fourth-order valence-electron chi connectivity index (χ4n) is 4.63. The second-order valence-corrected chi connectivity index (χ2v) is 8.32. The Kier molecular flexibility index (Phi) is 5.48. The quantitative estimate of drug-likeness (QED) is 0.368. The number of hydrogen-bond acceptors (Lipinski definition) is 5. The van der Waals surface area contributed by atoms with Gasteiger partial charge in [-0.2, -0.15) is 0 Å². The van der Waals surface area contributed by atoms with Crippen molar-refractivity contribution in [2.75, 3.05) is 25.0 Å². The van der Waals surface area contributed by atoms with Gasteiger partial charge in [-0.3, -0.25) is 9.78 Å². The Morgan fingerprint density at radius 3 is 2.88 bits per heavy atom. The van der Waals surface area contributed by atoms with Crippen LogP contribution in [0.1, 0.15) is 23.2 Å². The van der Waals surface area contributed by atoms with Crippen LogP contribution in [0.4, 0.5) is 14.9 Å². The van der Waals surface area contributed by atoms with Crippen molar-refractivity contribution in [1.82, 2.24) is 25.6 Å². The molecule has 0 bridgehead atoms. The number of carbonyl (C=O) groups excluding carboxylic acids is 1. The zero-order valence-electron chi connectivity index (χ0n) is 18.4. The standard InChI is InChI=1S/C24H23FN6O3/c1-26-23(32)14-8-16-18(11-29-22(16)28-10-14)13-7-17-20(4-5-27-21(17)19(25)9-13)31-6-2-3-15(12-31)30-24(33)34/h4-5,7-11,15,30H,2-3,6,12H2,1H3,(H,26,32)(H,28,29)(H,33,34)/t15-/m1/s1. The van der Waals surface area contributed by atoms with Gasteiger partial charge in [-0.25, -0.2) is 14.2 Å². The third-order valence-electron chi connectivity index (χ3n) is 6.20. The summed E-state index contributed by atoms with van der Waals surface area (Å²) >= 11 is 0. The van der Waals surface area contributed by atoms with Gasteiger partial charge in [0, 0.05) is 66.8 Å². The molecule has 0 unspecified atom stereocenters. The molecule has 0 radical (unpaired) electrons. The molecule has 0 aliphatic carbocycles. The largest absolute Gasteiger partial charge is 0.465 e. The van der Waals surface area contributed by atoms with Crippen molar-refractivity contribution < 1.29 is 19.1 Å². The van der Waals surface area contributed by atoms with E-state index in [0.29, 0.717) is 39.7 Å². The molecule has 3 aromatic heterocycles. The molecule has 174 valence electrons. The normalized spacial score (nSPS) is 16.1. The Bertz CT molecular complexity index is 1420. The highest BCUT2D eigenvalue weighted by Gasteiger charge is 2.24. The van der Waals surface area contributed by atoms with Crippen LogP contribution in [0.25, 0.3) is 33.1 Å². The summed E-state index contributed by atoms with van der Waals surface area (Å²) in [6, 6.07) is 6.66. The van der Waals surface area contributed by atoms with Crippen LogP contribution >= 0.6 is 0 Å². The molecule has 2 amide bonds. The summed E-state index contributed by atoms with van der Waals surface area (Å²) in [6.07, 6.45) is 5.32. The molecule has 0 saturated carbocycles. The minimum Gasteiger partial charge on any atom is -0.465 e. The number of aromatic nitrogens is 3. The first-order chi connectivity index (χ1) is 16.4.